The lowest BCUT2D eigenvalue weighted by atomic mass is 9.94. The summed E-state index contributed by atoms with van der Waals surface area (Å²) in [4.78, 5) is 2.33. The van der Waals surface area contributed by atoms with Crippen molar-refractivity contribution in [3.8, 4) is 0 Å². The maximum atomic E-state index is 13.1. The number of hydrogen-bond acceptors (Lipinski definition) is 2. The molecule has 3 aromatic carbocycles. The summed E-state index contributed by atoms with van der Waals surface area (Å²) in [5.74, 6) is 1.12. The van der Waals surface area contributed by atoms with Gasteiger partial charge in [-0.05, 0) is 47.4 Å². The van der Waals surface area contributed by atoms with E-state index in [1.165, 1.54) is 23.3 Å². The Balaban J connectivity index is 1.29. The molecule has 1 aliphatic heterocycles. The van der Waals surface area contributed by atoms with Gasteiger partial charge in [0.2, 0.25) is 0 Å². The van der Waals surface area contributed by atoms with Crippen LogP contribution in [0.3, 0.4) is 0 Å². The molecule has 1 saturated carbocycles. The number of nitrogens with zero attached hydrogens (tertiary/aromatic N) is 1. The topological polar surface area (TPSA) is 15.3 Å². The second-order valence-corrected chi connectivity index (χ2v) is 9.42. The number of likely N-dealkylation sites (tertiary alicyclic amines) is 1. The average molecular weight is 451 g/mol. The molecule has 0 unspecified atom stereocenters. The SMILES string of the molecule is FC(F)(F)c1cccc(CN2C[C@@H]3CC[C@@H](NC(c4ccccc4)c4ccccc4)[C@H]3C2)c1. The van der Waals surface area contributed by atoms with Crippen LogP contribution in [-0.2, 0) is 12.7 Å². The van der Waals surface area contributed by atoms with Crippen molar-refractivity contribution >= 4 is 0 Å². The standard InChI is InChI=1S/C28H29F3N2/c29-28(30,31)24-13-7-8-20(16-24)17-33-18-23-14-15-26(25(23)19-33)32-27(21-9-3-1-4-10-21)22-11-5-2-6-12-22/h1-13,16,23,25-27,32H,14-15,17-19H2/t23-,25-,26+/m0/s1. The van der Waals surface area contributed by atoms with Crippen LogP contribution in [-0.4, -0.2) is 24.0 Å². The molecule has 5 rings (SSSR count). The zero-order valence-electron chi connectivity index (χ0n) is 18.5. The van der Waals surface area contributed by atoms with Crippen molar-refractivity contribution in [2.24, 2.45) is 11.8 Å². The van der Waals surface area contributed by atoms with Gasteiger partial charge >= 0.3 is 6.18 Å². The van der Waals surface area contributed by atoms with Crippen molar-refractivity contribution in [1.29, 1.82) is 0 Å². The number of fused-ring (bicyclic) bond motifs is 1. The lowest BCUT2D eigenvalue weighted by molar-refractivity contribution is -0.137. The molecule has 0 aromatic heterocycles. The summed E-state index contributed by atoms with van der Waals surface area (Å²) in [6, 6.07) is 27.4. The number of hydrogen-bond donors (Lipinski definition) is 1. The average Bonchev–Trinajstić information content (AvgIpc) is 3.39. The van der Waals surface area contributed by atoms with Gasteiger partial charge in [0.05, 0.1) is 11.6 Å². The molecule has 33 heavy (non-hydrogen) atoms. The molecule has 2 fully saturated rings. The first-order valence-corrected chi connectivity index (χ1v) is 11.7. The molecule has 0 spiro atoms. The van der Waals surface area contributed by atoms with Crippen molar-refractivity contribution in [3.63, 3.8) is 0 Å². The highest BCUT2D eigenvalue weighted by molar-refractivity contribution is 5.32. The number of alkyl halides is 3. The van der Waals surface area contributed by atoms with Gasteiger partial charge in [0.25, 0.3) is 0 Å². The van der Waals surface area contributed by atoms with E-state index in [2.05, 4.69) is 58.7 Å². The van der Waals surface area contributed by atoms with Crippen molar-refractivity contribution < 1.29 is 13.2 Å². The lowest BCUT2D eigenvalue weighted by Crippen LogP contribution is -2.38. The normalized spacial score (nSPS) is 23.2. The fraction of sp³-hybridized carbons (Fsp3) is 0.357. The van der Waals surface area contributed by atoms with E-state index in [9.17, 15) is 13.2 Å². The first-order chi connectivity index (χ1) is 16.0. The van der Waals surface area contributed by atoms with E-state index >= 15 is 0 Å². The van der Waals surface area contributed by atoms with E-state index < -0.39 is 11.7 Å². The maximum Gasteiger partial charge on any atom is 0.416 e. The number of rotatable bonds is 6. The Morgan fingerprint density at radius 1 is 0.818 bits per heavy atom. The van der Waals surface area contributed by atoms with Gasteiger partial charge < -0.3 is 5.32 Å². The second kappa shape index (κ2) is 9.32. The van der Waals surface area contributed by atoms with Crippen LogP contribution in [0, 0.1) is 11.8 Å². The third-order valence-electron chi connectivity index (χ3n) is 7.24. The lowest BCUT2D eigenvalue weighted by Gasteiger charge is -2.28. The largest absolute Gasteiger partial charge is 0.416 e. The molecule has 0 bridgehead atoms. The van der Waals surface area contributed by atoms with Crippen LogP contribution in [0.5, 0.6) is 0 Å². The van der Waals surface area contributed by atoms with Gasteiger partial charge in [0, 0.05) is 25.7 Å². The highest BCUT2D eigenvalue weighted by atomic mass is 19.4. The third kappa shape index (κ3) is 4.99. The Labute approximate surface area is 193 Å². The third-order valence-corrected chi connectivity index (χ3v) is 7.24. The predicted octanol–water partition coefficient (Wildman–Crippen LogP) is 6.30. The molecule has 0 radical (unpaired) electrons. The van der Waals surface area contributed by atoms with E-state index in [-0.39, 0.29) is 6.04 Å². The number of nitrogens with one attached hydrogen (secondary N) is 1. The molecule has 3 aromatic rings. The minimum absolute atomic E-state index is 0.133. The Bertz CT molecular complexity index is 1010. The molecule has 2 aliphatic rings. The van der Waals surface area contributed by atoms with Gasteiger partial charge in [-0.2, -0.15) is 13.2 Å². The Kier molecular flexibility index (Phi) is 6.26. The fourth-order valence-electron chi connectivity index (χ4n) is 5.69. The van der Waals surface area contributed by atoms with E-state index in [1.807, 2.05) is 12.1 Å². The number of halogens is 3. The molecule has 1 saturated heterocycles. The van der Waals surface area contributed by atoms with Crippen LogP contribution in [0.25, 0.3) is 0 Å². The highest BCUT2D eigenvalue weighted by Gasteiger charge is 2.43. The zero-order chi connectivity index (χ0) is 22.8. The minimum Gasteiger partial charge on any atom is -0.303 e. The van der Waals surface area contributed by atoms with Gasteiger partial charge in [-0.15, -0.1) is 0 Å². The summed E-state index contributed by atoms with van der Waals surface area (Å²) in [7, 11) is 0. The summed E-state index contributed by atoms with van der Waals surface area (Å²) in [5.41, 5.74) is 2.69. The van der Waals surface area contributed by atoms with E-state index in [0.717, 1.165) is 37.6 Å². The number of benzene rings is 3. The monoisotopic (exact) mass is 450 g/mol. The summed E-state index contributed by atoms with van der Waals surface area (Å²) >= 11 is 0. The van der Waals surface area contributed by atoms with E-state index in [1.54, 1.807) is 6.07 Å². The summed E-state index contributed by atoms with van der Waals surface area (Å²) in [5, 5.41) is 3.96. The molecule has 5 heteroatoms. The maximum absolute atomic E-state index is 13.1. The predicted molar refractivity (Wildman–Crippen MR) is 125 cm³/mol. The van der Waals surface area contributed by atoms with Crippen LogP contribution in [0.1, 0.15) is 41.1 Å². The second-order valence-electron chi connectivity index (χ2n) is 9.42. The molecular weight excluding hydrogens is 421 g/mol. The van der Waals surface area contributed by atoms with Crippen molar-refractivity contribution in [2.45, 2.75) is 37.6 Å². The molecule has 2 nitrogen and oxygen atoms in total. The first kappa shape index (κ1) is 22.2. The van der Waals surface area contributed by atoms with Crippen LogP contribution in [0.15, 0.2) is 84.9 Å². The van der Waals surface area contributed by atoms with E-state index in [0.29, 0.717) is 24.4 Å². The molecule has 1 heterocycles. The van der Waals surface area contributed by atoms with Crippen LogP contribution < -0.4 is 5.32 Å². The molecular formula is C28H29F3N2. The summed E-state index contributed by atoms with van der Waals surface area (Å²) < 4.78 is 39.3. The Morgan fingerprint density at radius 2 is 1.48 bits per heavy atom. The molecule has 3 atom stereocenters. The van der Waals surface area contributed by atoms with Crippen molar-refractivity contribution in [3.05, 3.63) is 107 Å². The van der Waals surface area contributed by atoms with Crippen molar-refractivity contribution in [1.82, 2.24) is 10.2 Å². The minimum atomic E-state index is -4.30. The van der Waals surface area contributed by atoms with Crippen LogP contribution >= 0.6 is 0 Å². The van der Waals surface area contributed by atoms with Gasteiger partial charge in [0.15, 0.2) is 0 Å². The Morgan fingerprint density at radius 3 is 2.12 bits per heavy atom. The molecule has 172 valence electrons. The highest BCUT2D eigenvalue weighted by Crippen LogP contribution is 2.40. The smallest absolute Gasteiger partial charge is 0.303 e. The summed E-state index contributed by atoms with van der Waals surface area (Å²) in [6.45, 7) is 2.46. The molecule has 1 N–H and O–H groups in total. The van der Waals surface area contributed by atoms with E-state index in [4.69, 9.17) is 0 Å². The quantitative estimate of drug-likeness (QED) is 0.474. The van der Waals surface area contributed by atoms with Gasteiger partial charge in [0.1, 0.15) is 0 Å². The van der Waals surface area contributed by atoms with Gasteiger partial charge in [-0.1, -0.05) is 78.9 Å². The fourth-order valence-corrected chi connectivity index (χ4v) is 5.69. The van der Waals surface area contributed by atoms with Crippen LogP contribution in [0.2, 0.25) is 0 Å². The van der Waals surface area contributed by atoms with Crippen LogP contribution in [0.4, 0.5) is 13.2 Å². The zero-order valence-corrected chi connectivity index (χ0v) is 18.5. The first-order valence-electron chi connectivity index (χ1n) is 11.7. The summed E-state index contributed by atoms with van der Waals surface area (Å²) in [6.07, 6.45) is -1.99. The molecule has 1 aliphatic carbocycles. The molecule has 0 amide bonds. The van der Waals surface area contributed by atoms with Gasteiger partial charge in [-0.3, -0.25) is 4.90 Å². The van der Waals surface area contributed by atoms with Crippen molar-refractivity contribution in [2.75, 3.05) is 13.1 Å². The van der Waals surface area contributed by atoms with Gasteiger partial charge in [-0.25, -0.2) is 0 Å². The Hall–Kier alpha value is -2.63.